The zero-order valence-corrected chi connectivity index (χ0v) is 10.0. The minimum absolute atomic E-state index is 0.0989. The van der Waals surface area contributed by atoms with Crippen molar-refractivity contribution in [2.75, 3.05) is 0 Å². The summed E-state index contributed by atoms with van der Waals surface area (Å²) < 4.78 is 5.42. The predicted molar refractivity (Wildman–Crippen MR) is 66.3 cm³/mol. The molecule has 0 spiro atoms. The Bertz CT molecular complexity index is 535. The first-order valence-electron chi connectivity index (χ1n) is 4.71. The summed E-state index contributed by atoms with van der Waals surface area (Å²) in [5.41, 5.74) is 0. The van der Waals surface area contributed by atoms with Gasteiger partial charge in [0.15, 0.2) is 0 Å². The summed E-state index contributed by atoms with van der Waals surface area (Å²) in [4.78, 5) is 0. The van der Waals surface area contributed by atoms with Gasteiger partial charge in [0.25, 0.3) is 0 Å². The van der Waals surface area contributed by atoms with Crippen LogP contribution in [0.3, 0.4) is 0 Å². The van der Waals surface area contributed by atoms with Gasteiger partial charge >= 0.3 is 0 Å². The molecule has 17 heavy (non-hydrogen) atoms. The van der Waals surface area contributed by atoms with Gasteiger partial charge in [-0.1, -0.05) is 29.3 Å². The van der Waals surface area contributed by atoms with Crippen LogP contribution in [0, 0.1) is 0 Å². The Balaban J connectivity index is 2.34. The average molecular weight is 271 g/mol. The molecule has 0 aromatic heterocycles. The van der Waals surface area contributed by atoms with Crippen LogP contribution in [0.15, 0.2) is 36.4 Å². The molecule has 0 heterocycles. The number of ether oxygens (including phenoxy) is 1. The van der Waals surface area contributed by atoms with Crippen LogP contribution >= 0.6 is 23.2 Å². The second-order valence-corrected chi connectivity index (χ2v) is 4.12. The predicted octanol–water partition coefficient (Wildman–Crippen LogP) is 4.20. The lowest BCUT2D eigenvalue weighted by atomic mass is 10.3. The fraction of sp³-hybridized carbons (Fsp3) is 0. The van der Waals surface area contributed by atoms with Gasteiger partial charge in [-0.05, 0) is 12.1 Å². The molecular weight excluding hydrogens is 263 g/mol. The third-order valence-corrected chi connectivity index (χ3v) is 2.82. The Morgan fingerprint density at radius 2 is 1.59 bits per heavy atom. The van der Waals surface area contributed by atoms with Crippen LogP contribution < -0.4 is 4.74 Å². The largest absolute Gasteiger partial charge is 0.508 e. The molecule has 0 saturated carbocycles. The van der Waals surface area contributed by atoms with Crippen LogP contribution in [0.2, 0.25) is 10.0 Å². The van der Waals surface area contributed by atoms with E-state index in [0.29, 0.717) is 10.8 Å². The van der Waals surface area contributed by atoms with E-state index in [2.05, 4.69) is 0 Å². The van der Waals surface area contributed by atoms with Crippen LogP contribution in [0.5, 0.6) is 23.0 Å². The first-order chi connectivity index (χ1) is 8.06. The van der Waals surface area contributed by atoms with Gasteiger partial charge in [-0.25, -0.2) is 0 Å². The summed E-state index contributed by atoms with van der Waals surface area (Å²) in [6, 6.07) is 8.87. The second-order valence-electron chi connectivity index (χ2n) is 3.34. The lowest BCUT2D eigenvalue weighted by molar-refractivity contribution is 0.432. The number of aromatic hydroxyl groups is 2. The Morgan fingerprint density at radius 3 is 2.24 bits per heavy atom. The van der Waals surface area contributed by atoms with Crippen molar-refractivity contribution in [1.29, 1.82) is 0 Å². The topological polar surface area (TPSA) is 49.7 Å². The van der Waals surface area contributed by atoms with Gasteiger partial charge in [-0.3, -0.25) is 0 Å². The maximum atomic E-state index is 9.30. The maximum absolute atomic E-state index is 9.30. The van der Waals surface area contributed by atoms with Gasteiger partial charge in [0.2, 0.25) is 0 Å². The molecule has 0 radical (unpaired) electrons. The molecule has 0 bridgehead atoms. The second kappa shape index (κ2) is 4.73. The van der Waals surface area contributed by atoms with Crippen molar-refractivity contribution >= 4 is 23.2 Å². The highest BCUT2D eigenvalue weighted by Crippen LogP contribution is 2.36. The third-order valence-electron chi connectivity index (χ3n) is 2.02. The monoisotopic (exact) mass is 270 g/mol. The van der Waals surface area contributed by atoms with Gasteiger partial charge in [-0.15, -0.1) is 0 Å². The first kappa shape index (κ1) is 11.9. The molecule has 3 nitrogen and oxygen atoms in total. The van der Waals surface area contributed by atoms with Gasteiger partial charge < -0.3 is 14.9 Å². The van der Waals surface area contributed by atoms with Crippen LogP contribution in [0.1, 0.15) is 0 Å². The average Bonchev–Trinajstić information content (AvgIpc) is 2.23. The number of phenols is 2. The lowest BCUT2D eigenvalue weighted by Crippen LogP contribution is -1.85. The Labute approximate surface area is 108 Å². The summed E-state index contributed by atoms with van der Waals surface area (Å²) >= 11 is 11.8. The van der Waals surface area contributed by atoms with Gasteiger partial charge in [0.1, 0.15) is 28.0 Å². The maximum Gasteiger partial charge on any atom is 0.147 e. The third kappa shape index (κ3) is 2.75. The molecule has 0 aliphatic heterocycles. The molecule has 2 aromatic carbocycles. The quantitative estimate of drug-likeness (QED) is 0.860. The molecule has 0 amide bonds. The van der Waals surface area contributed by atoms with E-state index in [1.54, 1.807) is 18.2 Å². The molecule has 2 rings (SSSR count). The Morgan fingerprint density at radius 1 is 0.941 bits per heavy atom. The highest BCUT2D eigenvalue weighted by atomic mass is 35.5. The normalized spacial score (nSPS) is 10.2. The standard InChI is InChI=1S/C12H8Cl2O3/c13-10-2-1-3-11(12(10)14)17-9-5-7(15)4-8(16)6-9/h1-6,15-16H. The minimum Gasteiger partial charge on any atom is -0.508 e. The van der Waals surface area contributed by atoms with Gasteiger partial charge in [-0.2, -0.15) is 0 Å². The van der Waals surface area contributed by atoms with Crippen molar-refractivity contribution in [1.82, 2.24) is 0 Å². The number of hydrogen-bond donors (Lipinski definition) is 2. The smallest absolute Gasteiger partial charge is 0.147 e. The SMILES string of the molecule is Oc1cc(O)cc(Oc2cccc(Cl)c2Cl)c1. The molecule has 2 aromatic rings. The summed E-state index contributed by atoms with van der Waals surface area (Å²) in [5.74, 6) is 0.423. The zero-order chi connectivity index (χ0) is 12.4. The number of hydrogen-bond acceptors (Lipinski definition) is 3. The first-order valence-corrected chi connectivity index (χ1v) is 5.47. The van der Waals surface area contributed by atoms with Crippen molar-refractivity contribution in [3.8, 4) is 23.0 Å². The van der Waals surface area contributed by atoms with Crippen LogP contribution in [0.25, 0.3) is 0 Å². The van der Waals surface area contributed by atoms with Gasteiger partial charge in [0, 0.05) is 18.2 Å². The van der Waals surface area contributed by atoms with Gasteiger partial charge in [0.05, 0.1) is 5.02 Å². The number of rotatable bonds is 2. The molecule has 0 atom stereocenters. The molecule has 0 aliphatic rings. The van der Waals surface area contributed by atoms with Crippen LogP contribution in [-0.4, -0.2) is 10.2 Å². The number of phenolic OH excluding ortho intramolecular Hbond substituents is 2. The summed E-state index contributed by atoms with van der Waals surface area (Å²) in [6.07, 6.45) is 0. The van der Waals surface area contributed by atoms with E-state index in [4.69, 9.17) is 27.9 Å². The molecule has 0 saturated heterocycles. The molecule has 88 valence electrons. The van der Waals surface area contributed by atoms with E-state index in [0.717, 1.165) is 0 Å². The van der Waals surface area contributed by atoms with E-state index < -0.39 is 0 Å². The summed E-state index contributed by atoms with van der Waals surface area (Å²) in [6.45, 7) is 0. The fourth-order valence-electron chi connectivity index (χ4n) is 1.32. The minimum atomic E-state index is -0.0989. The van der Waals surface area contributed by atoms with Crippen molar-refractivity contribution in [2.45, 2.75) is 0 Å². The van der Waals surface area contributed by atoms with Crippen molar-refractivity contribution in [3.63, 3.8) is 0 Å². The van der Waals surface area contributed by atoms with Crippen molar-refractivity contribution in [3.05, 3.63) is 46.4 Å². The molecule has 2 N–H and O–H groups in total. The highest BCUT2D eigenvalue weighted by molar-refractivity contribution is 6.42. The molecule has 5 heteroatoms. The van der Waals surface area contributed by atoms with Crippen molar-refractivity contribution in [2.24, 2.45) is 0 Å². The summed E-state index contributed by atoms with van der Waals surface area (Å²) in [5, 5.41) is 19.2. The van der Waals surface area contributed by atoms with E-state index in [-0.39, 0.29) is 22.3 Å². The van der Waals surface area contributed by atoms with E-state index in [9.17, 15) is 10.2 Å². The number of halogens is 2. The molecule has 0 aliphatic carbocycles. The zero-order valence-electron chi connectivity index (χ0n) is 8.52. The Hall–Kier alpha value is -1.58. The van der Waals surface area contributed by atoms with E-state index >= 15 is 0 Å². The Kier molecular flexibility index (Phi) is 3.31. The lowest BCUT2D eigenvalue weighted by Gasteiger charge is -2.09. The molecule has 0 fully saturated rings. The fourth-order valence-corrected chi connectivity index (χ4v) is 1.65. The van der Waals surface area contributed by atoms with Crippen LogP contribution in [-0.2, 0) is 0 Å². The molecular formula is C12H8Cl2O3. The van der Waals surface area contributed by atoms with Crippen molar-refractivity contribution < 1.29 is 14.9 Å². The van der Waals surface area contributed by atoms with E-state index in [1.165, 1.54) is 18.2 Å². The van der Waals surface area contributed by atoms with Crippen LogP contribution in [0.4, 0.5) is 0 Å². The number of benzene rings is 2. The summed E-state index contributed by atoms with van der Waals surface area (Å²) in [7, 11) is 0. The highest BCUT2D eigenvalue weighted by Gasteiger charge is 2.08. The molecule has 0 unspecified atom stereocenters. The van der Waals surface area contributed by atoms with E-state index in [1.807, 2.05) is 0 Å².